The highest BCUT2D eigenvalue weighted by Gasteiger charge is 2.30. The Morgan fingerprint density at radius 3 is 2.19 bits per heavy atom. The van der Waals surface area contributed by atoms with Gasteiger partial charge < -0.3 is 15.3 Å². The summed E-state index contributed by atoms with van der Waals surface area (Å²) in [5, 5.41) is 11.8. The van der Waals surface area contributed by atoms with Gasteiger partial charge in [-0.3, -0.25) is 14.4 Å². The molecule has 6 nitrogen and oxygen atoms in total. The average Bonchev–Trinajstić information content (AvgIpc) is 2.57. The van der Waals surface area contributed by atoms with Crippen molar-refractivity contribution in [2.75, 3.05) is 13.6 Å². The van der Waals surface area contributed by atoms with E-state index in [0.717, 1.165) is 19.3 Å². The van der Waals surface area contributed by atoms with Gasteiger partial charge >= 0.3 is 5.97 Å². The molecule has 0 aliphatic heterocycles. The first-order valence-electron chi connectivity index (χ1n) is 9.23. The third kappa shape index (κ3) is 9.39. The largest absolute Gasteiger partial charge is 0.481 e. The van der Waals surface area contributed by atoms with Gasteiger partial charge in [-0.1, -0.05) is 26.0 Å². The number of nitrogens with one attached hydrogen (secondary N) is 1. The maximum absolute atomic E-state index is 12.7. The van der Waals surface area contributed by atoms with E-state index in [2.05, 4.69) is 18.5 Å². The fraction of sp³-hybridized carbons (Fsp3) is 0.650. The van der Waals surface area contributed by atoms with Gasteiger partial charge in [0, 0.05) is 19.5 Å². The number of unbranched alkanes of at least 4 members (excludes halogenated alkanes) is 2. The minimum Gasteiger partial charge on any atom is -0.481 e. The van der Waals surface area contributed by atoms with Crippen molar-refractivity contribution in [3.8, 4) is 0 Å². The molecule has 0 heterocycles. The molecule has 0 aliphatic carbocycles. The normalized spacial score (nSPS) is 12.9. The summed E-state index contributed by atoms with van der Waals surface area (Å²) in [6, 6.07) is -0.660. The summed E-state index contributed by atoms with van der Waals surface area (Å²) in [4.78, 5) is 37.9. The van der Waals surface area contributed by atoms with E-state index in [-0.39, 0.29) is 24.2 Å². The molecule has 0 radical (unpaired) electrons. The van der Waals surface area contributed by atoms with E-state index in [0.29, 0.717) is 19.4 Å². The zero-order valence-electron chi connectivity index (χ0n) is 16.4. The quantitative estimate of drug-likeness (QED) is 0.365. The highest BCUT2D eigenvalue weighted by molar-refractivity contribution is 5.90. The molecule has 0 aromatic carbocycles. The molecule has 0 rings (SSSR count). The molecule has 2 amide bonds. The fourth-order valence-electron chi connectivity index (χ4n) is 2.65. The van der Waals surface area contributed by atoms with Gasteiger partial charge in [0.15, 0.2) is 0 Å². The van der Waals surface area contributed by atoms with Gasteiger partial charge in [-0.15, -0.1) is 13.2 Å². The lowest BCUT2D eigenvalue weighted by Gasteiger charge is -2.28. The third-order valence-electron chi connectivity index (χ3n) is 4.26. The van der Waals surface area contributed by atoms with Gasteiger partial charge in [0.25, 0.3) is 0 Å². The summed E-state index contributed by atoms with van der Waals surface area (Å²) < 4.78 is 0. The summed E-state index contributed by atoms with van der Waals surface area (Å²) in [6.45, 7) is 11.6. The van der Waals surface area contributed by atoms with Crippen LogP contribution in [0.5, 0.6) is 0 Å². The van der Waals surface area contributed by atoms with Crippen molar-refractivity contribution in [2.45, 2.75) is 58.4 Å². The van der Waals surface area contributed by atoms with Crippen LogP contribution in [0.4, 0.5) is 0 Å². The molecule has 0 saturated heterocycles. The molecule has 26 heavy (non-hydrogen) atoms. The number of nitrogens with zero attached hydrogens (tertiary/aromatic N) is 1. The molecule has 2 N–H and O–H groups in total. The van der Waals surface area contributed by atoms with Gasteiger partial charge in [-0.25, -0.2) is 0 Å². The van der Waals surface area contributed by atoms with Gasteiger partial charge in [0.2, 0.25) is 11.8 Å². The van der Waals surface area contributed by atoms with Gasteiger partial charge in [0.05, 0.1) is 6.42 Å². The number of likely N-dealkylation sites (N-methyl/N-ethyl adjacent to an activating group) is 1. The van der Waals surface area contributed by atoms with Crippen LogP contribution in [0.2, 0.25) is 0 Å². The molecule has 0 aromatic heterocycles. The molecular formula is C20H34N2O4. The maximum atomic E-state index is 12.7. The molecule has 6 heteroatoms. The van der Waals surface area contributed by atoms with Crippen molar-refractivity contribution < 1.29 is 19.5 Å². The first-order chi connectivity index (χ1) is 12.2. The van der Waals surface area contributed by atoms with Crippen LogP contribution in [0, 0.1) is 11.8 Å². The molecule has 0 bridgehead atoms. The molecule has 0 spiro atoms. The SMILES string of the molecule is C=CCCCC(CC(=O)O)C(=O)N[C@H](C(=O)N(C)CCCC=C)C(C)C. The zero-order valence-corrected chi connectivity index (χ0v) is 16.4. The minimum atomic E-state index is -1.02. The summed E-state index contributed by atoms with van der Waals surface area (Å²) >= 11 is 0. The van der Waals surface area contributed by atoms with Gasteiger partial charge in [-0.2, -0.15) is 0 Å². The topological polar surface area (TPSA) is 86.7 Å². The number of carbonyl (C=O) groups excluding carboxylic acids is 2. The Labute approximate surface area is 157 Å². The molecule has 0 saturated carbocycles. The van der Waals surface area contributed by atoms with E-state index in [1.54, 1.807) is 24.1 Å². The van der Waals surface area contributed by atoms with Crippen molar-refractivity contribution in [1.29, 1.82) is 0 Å². The monoisotopic (exact) mass is 366 g/mol. The summed E-state index contributed by atoms with van der Waals surface area (Å²) in [5.74, 6) is -2.28. The lowest BCUT2D eigenvalue weighted by atomic mass is 9.95. The second-order valence-electron chi connectivity index (χ2n) is 6.94. The number of rotatable bonds is 14. The van der Waals surface area contributed by atoms with Crippen LogP contribution in [-0.4, -0.2) is 47.4 Å². The number of carboxylic acids is 1. The molecule has 0 aliphatic rings. The van der Waals surface area contributed by atoms with E-state index >= 15 is 0 Å². The highest BCUT2D eigenvalue weighted by atomic mass is 16.4. The van der Waals surface area contributed by atoms with E-state index in [4.69, 9.17) is 5.11 Å². The number of carbonyl (C=O) groups is 3. The summed E-state index contributed by atoms with van der Waals surface area (Å²) in [6.07, 6.45) is 6.82. The predicted molar refractivity (Wildman–Crippen MR) is 104 cm³/mol. The minimum absolute atomic E-state index is 0.0908. The Morgan fingerprint density at radius 2 is 1.69 bits per heavy atom. The van der Waals surface area contributed by atoms with Crippen LogP contribution < -0.4 is 5.32 Å². The first kappa shape index (κ1) is 23.9. The van der Waals surface area contributed by atoms with Crippen molar-refractivity contribution in [2.24, 2.45) is 11.8 Å². The van der Waals surface area contributed by atoms with Crippen LogP contribution >= 0.6 is 0 Å². The number of hydrogen-bond donors (Lipinski definition) is 2. The van der Waals surface area contributed by atoms with Gasteiger partial charge in [0.1, 0.15) is 6.04 Å². The molecule has 0 aromatic rings. The lowest BCUT2D eigenvalue weighted by molar-refractivity contribution is -0.142. The second kappa shape index (κ2) is 13.1. The summed E-state index contributed by atoms with van der Waals surface area (Å²) in [7, 11) is 1.71. The van der Waals surface area contributed by atoms with Crippen molar-refractivity contribution in [3.05, 3.63) is 25.3 Å². The van der Waals surface area contributed by atoms with Crippen LogP contribution in [0.1, 0.15) is 52.4 Å². The van der Waals surface area contributed by atoms with E-state index < -0.39 is 17.9 Å². The van der Waals surface area contributed by atoms with E-state index in [1.807, 2.05) is 13.8 Å². The predicted octanol–water partition coefficient (Wildman–Crippen LogP) is 3.00. The molecule has 148 valence electrons. The number of carboxylic acid groups (broad SMARTS) is 1. The highest BCUT2D eigenvalue weighted by Crippen LogP contribution is 2.16. The third-order valence-corrected chi connectivity index (χ3v) is 4.26. The molecule has 1 unspecified atom stereocenters. The molecule has 0 fully saturated rings. The van der Waals surface area contributed by atoms with Crippen molar-refractivity contribution in [3.63, 3.8) is 0 Å². The summed E-state index contributed by atoms with van der Waals surface area (Å²) in [5.41, 5.74) is 0. The Morgan fingerprint density at radius 1 is 1.12 bits per heavy atom. The Hall–Kier alpha value is -2.11. The van der Waals surface area contributed by atoms with Crippen LogP contribution in [0.25, 0.3) is 0 Å². The van der Waals surface area contributed by atoms with Crippen molar-refractivity contribution >= 4 is 17.8 Å². The Bertz CT molecular complexity index is 488. The smallest absolute Gasteiger partial charge is 0.304 e. The standard InChI is InChI=1S/C20H34N2O4/c1-6-8-10-12-16(14-17(23)24)19(25)21-18(15(3)4)20(26)22(5)13-11-9-7-2/h6-7,15-16,18H,1-2,8-14H2,3-5H3,(H,21,25)(H,23,24)/t16?,18-/m0/s1. The van der Waals surface area contributed by atoms with Crippen LogP contribution in [0.15, 0.2) is 25.3 Å². The molecule has 2 atom stereocenters. The van der Waals surface area contributed by atoms with Crippen LogP contribution in [0.3, 0.4) is 0 Å². The average molecular weight is 367 g/mol. The maximum Gasteiger partial charge on any atom is 0.304 e. The number of aliphatic carboxylic acids is 1. The fourth-order valence-corrected chi connectivity index (χ4v) is 2.65. The number of hydrogen-bond acceptors (Lipinski definition) is 3. The zero-order chi connectivity index (χ0) is 20.1. The van der Waals surface area contributed by atoms with E-state index in [1.165, 1.54) is 0 Å². The lowest BCUT2D eigenvalue weighted by Crippen LogP contribution is -2.52. The Kier molecular flexibility index (Phi) is 12.1. The first-order valence-corrected chi connectivity index (χ1v) is 9.23. The van der Waals surface area contributed by atoms with Crippen LogP contribution in [-0.2, 0) is 14.4 Å². The van der Waals surface area contributed by atoms with Gasteiger partial charge in [-0.05, 0) is 38.0 Å². The van der Waals surface area contributed by atoms with Crippen molar-refractivity contribution in [1.82, 2.24) is 10.2 Å². The number of allylic oxidation sites excluding steroid dienone is 2. The molecular weight excluding hydrogens is 332 g/mol. The number of amides is 2. The Balaban J connectivity index is 4.97. The van der Waals surface area contributed by atoms with E-state index in [9.17, 15) is 14.4 Å². The second-order valence-corrected chi connectivity index (χ2v) is 6.94.